The van der Waals surface area contributed by atoms with E-state index in [1.807, 2.05) is 6.92 Å². The van der Waals surface area contributed by atoms with Gasteiger partial charge in [-0.3, -0.25) is 0 Å². The molecule has 0 aromatic heterocycles. The van der Waals surface area contributed by atoms with Crippen LogP contribution in [0.4, 0.5) is 17.3 Å². The highest BCUT2D eigenvalue weighted by molar-refractivity contribution is 6.50. The Hall–Kier alpha value is -0.335. The zero-order valence-electron chi connectivity index (χ0n) is 13.0. The van der Waals surface area contributed by atoms with E-state index in [4.69, 9.17) is 0 Å². The number of rotatable bonds is 4. The van der Waals surface area contributed by atoms with E-state index in [9.17, 15) is 22.4 Å². The third-order valence-electron chi connectivity index (χ3n) is 3.00. The lowest BCUT2D eigenvalue weighted by atomic mass is 9.75. The first kappa shape index (κ1) is 27.1. The minimum absolute atomic E-state index is 0.160. The van der Waals surface area contributed by atoms with Gasteiger partial charge in [-0.1, -0.05) is 20.8 Å². The van der Waals surface area contributed by atoms with E-state index in [0.717, 1.165) is 19.3 Å². The summed E-state index contributed by atoms with van der Waals surface area (Å²) in [6, 6.07) is 0. The van der Waals surface area contributed by atoms with Crippen molar-refractivity contribution in [3.63, 3.8) is 0 Å². The van der Waals surface area contributed by atoms with Gasteiger partial charge in [0.15, 0.2) is 0 Å². The molecule has 0 aliphatic heterocycles. The molecule has 0 amide bonds. The third-order valence-corrected chi connectivity index (χ3v) is 3.00. The average molecular weight is 294 g/mol. The van der Waals surface area contributed by atoms with Gasteiger partial charge >= 0.3 is 7.25 Å². The molecule has 6 N–H and O–H groups in total. The van der Waals surface area contributed by atoms with Crippen LogP contribution in [0.25, 0.3) is 0 Å². The van der Waals surface area contributed by atoms with E-state index < -0.39 is 7.25 Å². The van der Waals surface area contributed by atoms with Gasteiger partial charge in [0.05, 0.1) is 13.2 Å². The maximum Gasteiger partial charge on any atom is 0.673 e. The van der Waals surface area contributed by atoms with Crippen molar-refractivity contribution in [1.29, 1.82) is 0 Å². The van der Waals surface area contributed by atoms with Crippen molar-refractivity contribution in [2.24, 2.45) is 11.1 Å². The number of aliphatic hydroxyl groups excluding tert-OH is 1. The number of halogens is 4. The maximum absolute atomic E-state index is 9.75. The second kappa shape index (κ2) is 15.7. The number of quaternary nitrogens is 1. The largest absolute Gasteiger partial charge is 0.673 e. The van der Waals surface area contributed by atoms with E-state index in [-0.39, 0.29) is 11.5 Å². The SMILES string of the molecule is CCC(CC)(CC)C(C)O.CN.C[NH3+].F[B-](F)(F)F. The summed E-state index contributed by atoms with van der Waals surface area (Å²) in [5.41, 5.74) is 7.93. The Kier molecular flexibility index (Phi) is 22.4. The van der Waals surface area contributed by atoms with Crippen LogP contribution in [0.5, 0.6) is 0 Å². The van der Waals surface area contributed by atoms with Crippen LogP contribution >= 0.6 is 0 Å². The maximum atomic E-state index is 9.75. The van der Waals surface area contributed by atoms with Crippen molar-refractivity contribution in [1.82, 2.24) is 0 Å². The Morgan fingerprint density at radius 1 is 1.00 bits per heavy atom. The molecule has 122 valence electrons. The highest BCUT2D eigenvalue weighted by atomic mass is 19.5. The summed E-state index contributed by atoms with van der Waals surface area (Å²) >= 11 is 0. The van der Waals surface area contributed by atoms with Crippen LogP contribution in [0, 0.1) is 5.41 Å². The van der Waals surface area contributed by atoms with Crippen LogP contribution < -0.4 is 11.5 Å². The molecular weight excluding hydrogens is 263 g/mol. The van der Waals surface area contributed by atoms with Gasteiger partial charge in [0.1, 0.15) is 0 Å². The van der Waals surface area contributed by atoms with Crippen LogP contribution in [0.3, 0.4) is 0 Å². The Morgan fingerprint density at radius 3 is 1.16 bits per heavy atom. The number of nitrogens with two attached hydrogens (primary N) is 1. The summed E-state index contributed by atoms with van der Waals surface area (Å²) in [5, 5.41) is 9.46. The van der Waals surface area contributed by atoms with Crippen molar-refractivity contribution in [3.05, 3.63) is 0 Å². The smallest absolute Gasteiger partial charge is 0.418 e. The molecule has 0 heterocycles. The first-order valence-electron chi connectivity index (χ1n) is 6.46. The molecule has 0 saturated carbocycles. The molecule has 0 aliphatic carbocycles. The molecule has 0 aliphatic rings. The van der Waals surface area contributed by atoms with Crippen molar-refractivity contribution in [2.75, 3.05) is 14.1 Å². The number of hydrogen-bond donors (Lipinski definition) is 3. The van der Waals surface area contributed by atoms with Gasteiger partial charge in [0.2, 0.25) is 0 Å². The van der Waals surface area contributed by atoms with Crippen LogP contribution in [0.1, 0.15) is 47.0 Å². The van der Waals surface area contributed by atoms with Crippen LogP contribution in [-0.4, -0.2) is 32.6 Å². The molecule has 3 nitrogen and oxygen atoms in total. The molecule has 1 atom stereocenters. The van der Waals surface area contributed by atoms with Gasteiger partial charge in [-0.15, -0.1) is 0 Å². The van der Waals surface area contributed by atoms with Crippen molar-refractivity contribution >= 4 is 7.25 Å². The van der Waals surface area contributed by atoms with Crippen molar-refractivity contribution < 1.29 is 28.1 Å². The normalized spacial score (nSPS) is 11.8. The molecule has 0 saturated heterocycles. The molecule has 0 aromatic carbocycles. The van der Waals surface area contributed by atoms with E-state index in [1.54, 1.807) is 7.05 Å². The Balaban J connectivity index is -0.000000105. The topological polar surface area (TPSA) is 73.9 Å². The van der Waals surface area contributed by atoms with Gasteiger partial charge < -0.3 is 33.8 Å². The summed E-state index contributed by atoms with van der Waals surface area (Å²) in [6.45, 7) is 8.36. The lowest BCUT2D eigenvalue weighted by Crippen LogP contribution is -2.40. The highest BCUT2D eigenvalue weighted by Crippen LogP contribution is 2.33. The van der Waals surface area contributed by atoms with Crippen LogP contribution in [-0.2, 0) is 0 Å². The molecule has 0 radical (unpaired) electrons. The summed E-state index contributed by atoms with van der Waals surface area (Å²) in [7, 11) is -2.75. The Morgan fingerprint density at radius 2 is 1.16 bits per heavy atom. The fourth-order valence-electron chi connectivity index (χ4n) is 1.64. The molecule has 0 fully saturated rings. The second-order valence-corrected chi connectivity index (χ2v) is 3.59. The van der Waals surface area contributed by atoms with E-state index in [1.165, 1.54) is 7.05 Å². The Bertz CT molecular complexity index is 151. The monoisotopic (exact) mass is 294 g/mol. The summed E-state index contributed by atoms with van der Waals surface area (Å²) in [6.07, 6.45) is 3.08. The summed E-state index contributed by atoms with van der Waals surface area (Å²) in [5.74, 6) is 0. The molecule has 0 rings (SSSR count). The fraction of sp³-hybridized carbons (Fsp3) is 1.00. The van der Waals surface area contributed by atoms with Crippen LogP contribution in [0.15, 0.2) is 0 Å². The lowest BCUT2D eigenvalue weighted by Gasteiger charge is -2.33. The molecular formula is C11H31BF4N2O. The Labute approximate surface area is 114 Å². The molecule has 0 spiro atoms. The fourth-order valence-corrected chi connectivity index (χ4v) is 1.64. The first-order chi connectivity index (χ1) is 8.63. The van der Waals surface area contributed by atoms with Gasteiger partial charge in [-0.05, 0) is 38.6 Å². The molecule has 8 heteroatoms. The van der Waals surface area contributed by atoms with Gasteiger partial charge in [0.25, 0.3) is 0 Å². The minimum Gasteiger partial charge on any atom is -0.418 e. The van der Waals surface area contributed by atoms with E-state index in [0.29, 0.717) is 0 Å². The lowest BCUT2D eigenvalue weighted by molar-refractivity contribution is -0.325. The van der Waals surface area contributed by atoms with Gasteiger partial charge in [-0.2, -0.15) is 0 Å². The third kappa shape index (κ3) is 20.2. The number of hydrogen-bond acceptors (Lipinski definition) is 2. The van der Waals surface area contributed by atoms with Crippen molar-refractivity contribution in [3.8, 4) is 0 Å². The standard InChI is InChI=1S/C9H20O.2CH5N.BF4/c1-5-9(6-2,7-3)8(4)10;2*1-2;2-1(3,4)5/h8,10H,5-7H2,1-4H3;2*2H2,1H3;/q;;;-1/p+1. The molecule has 0 aromatic rings. The second-order valence-electron chi connectivity index (χ2n) is 3.59. The van der Waals surface area contributed by atoms with Gasteiger partial charge in [-0.25, -0.2) is 0 Å². The van der Waals surface area contributed by atoms with E-state index >= 15 is 0 Å². The summed E-state index contributed by atoms with van der Waals surface area (Å²) < 4.78 is 39.0. The molecule has 19 heavy (non-hydrogen) atoms. The number of aliphatic hydroxyl groups is 1. The minimum atomic E-state index is -6.00. The predicted octanol–water partition coefficient (Wildman–Crippen LogP) is 2.32. The van der Waals surface area contributed by atoms with E-state index in [2.05, 4.69) is 32.2 Å². The predicted molar refractivity (Wildman–Crippen MR) is 74.1 cm³/mol. The first-order valence-corrected chi connectivity index (χ1v) is 6.46. The zero-order valence-corrected chi connectivity index (χ0v) is 13.0. The quantitative estimate of drug-likeness (QED) is 0.550. The molecule has 1 unspecified atom stereocenters. The highest BCUT2D eigenvalue weighted by Gasteiger charge is 2.28. The van der Waals surface area contributed by atoms with Crippen LogP contribution in [0.2, 0.25) is 0 Å². The van der Waals surface area contributed by atoms with Crippen molar-refractivity contribution in [2.45, 2.75) is 53.1 Å². The summed E-state index contributed by atoms with van der Waals surface area (Å²) in [4.78, 5) is 0. The molecule has 0 bridgehead atoms. The zero-order chi connectivity index (χ0) is 16.7. The van der Waals surface area contributed by atoms with Gasteiger partial charge in [0, 0.05) is 0 Å². The average Bonchev–Trinajstić information content (AvgIpc) is 2.35.